The second kappa shape index (κ2) is 7.21. The highest BCUT2D eigenvalue weighted by molar-refractivity contribution is 8.00. The van der Waals surface area contributed by atoms with Crippen molar-refractivity contribution < 1.29 is 0 Å². The van der Waals surface area contributed by atoms with Crippen LogP contribution in [0.25, 0.3) is 0 Å². The van der Waals surface area contributed by atoms with Gasteiger partial charge in [-0.3, -0.25) is 0 Å². The van der Waals surface area contributed by atoms with Crippen molar-refractivity contribution in [2.45, 2.75) is 51.4 Å². The SMILES string of the molecule is CCC1CN(c2cc(CNC(C)(C)C)c(Cl)cn2)CCS1. The Morgan fingerprint density at radius 3 is 2.90 bits per heavy atom. The van der Waals surface area contributed by atoms with Gasteiger partial charge in [-0.25, -0.2) is 4.98 Å². The van der Waals surface area contributed by atoms with Gasteiger partial charge < -0.3 is 10.2 Å². The largest absolute Gasteiger partial charge is 0.355 e. The van der Waals surface area contributed by atoms with E-state index >= 15 is 0 Å². The van der Waals surface area contributed by atoms with Crippen LogP contribution >= 0.6 is 23.4 Å². The first-order valence-corrected chi connectivity index (χ1v) is 9.07. The number of anilines is 1. The molecule has 0 amide bonds. The normalized spacial score (nSPS) is 19.9. The van der Waals surface area contributed by atoms with Crippen LogP contribution in [0.3, 0.4) is 0 Å². The summed E-state index contributed by atoms with van der Waals surface area (Å²) in [6.07, 6.45) is 3.01. The van der Waals surface area contributed by atoms with E-state index in [4.69, 9.17) is 11.6 Å². The highest BCUT2D eigenvalue weighted by Gasteiger charge is 2.21. The maximum atomic E-state index is 6.29. The third-order valence-electron chi connectivity index (χ3n) is 3.65. The van der Waals surface area contributed by atoms with Crippen molar-refractivity contribution >= 4 is 29.2 Å². The Morgan fingerprint density at radius 1 is 1.48 bits per heavy atom. The minimum atomic E-state index is 0.0852. The summed E-state index contributed by atoms with van der Waals surface area (Å²) in [7, 11) is 0. The van der Waals surface area contributed by atoms with Crippen molar-refractivity contribution in [1.82, 2.24) is 10.3 Å². The molecule has 0 aliphatic carbocycles. The fourth-order valence-corrected chi connectivity index (χ4v) is 3.66. The van der Waals surface area contributed by atoms with Crippen LogP contribution in [-0.2, 0) is 6.54 Å². The van der Waals surface area contributed by atoms with E-state index in [9.17, 15) is 0 Å². The fourth-order valence-electron chi connectivity index (χ4n) is 2.31. The van der Waals surface area contributed by atoms with Gasteiger partial charge in [0.15, 0.2) is 0 Å². The molecule has 3 nitrogen and oxygen atoms in total. The molecule has 1 atom stereocenters. The third-order valence-corrected chi connectivity index (χ3v) is 5.36. The van der Waals surface area contributed by atoms with Gasteiger partial charge in [0.25, 0.3) is 0 Å². The standard InChI is InChI=1S/C16H26ClN3S/c1-5-13-11-20(6-7-21-13)15-8-12(14(17)10-18-15)9-19-16(2,3)4/h8,10,13,19H,5-7,9,11H2,1-4H3. The van der Waals surface area contributed by atoms with Crippen LogP contribution < -0.4 is 10.2 Å². The Hall–Kier alpha value is -0.450. The van der Waals surface area contributed by atoms with E-state index in [2.05, 4.69) is 60.7 Å². The predicted octanol–water partition coefficient (Wildman–Crippen LogP) is 3.95. The molecule has 1 saturated heterocycles. The number of rotatable bonds is 4. The molecule has 1 fully saturated rings. The lowest BCUT2D eigenvalue weighted by molar-refractivity contribution is 0.424. The smallest absolute Gasteiger partial charge is 0.128 e. The minimum Gasteiger partial charge on any atom is -0.355 e. The number of hydrogen-bond acceptors (Lipinski definition) is 4. The Morgan fingerprint density at radius 2 is 2.24 bits per heavy atom. The zero-order valence-electron chi connectivity index (χ0n) is 13.4. The fraction of sp³-hybridized carbons (Fsp3) is 0.688. The van der Waals surface area contributed by atoms with Crippen molar-refractivity contribution in [2.75, 3.05) is 23.7 Å². The number of thioether (sulfide) groups is 1. The summed E-state index contributed by atoms with van der Waals surface area (Å²) >= 11 is 8.37. The maximum Gasteiger partial charge on any atom is 0.128 e. The van der Waals surface area contributed by atoms with Crippen molar-refractivity contribution in [3.63, 3.8) is 0 Å². The summed E-state index contributed by atoms with van der Waals surface area (Å²) in [5.74, 6) is 2.24. The van der Waals surface area contributed by atoms with Crippen LogP contribution in [-0.4, -0.2) is 34.6 Å². The summed E-state index contributed by atoms with van der Waals surface area (Å²) in [4.78, 5) is 6.92. The van der Waals surface area contributed by atoms with Gasteiger partial charge in [-0.15, -0.1) is 0 Å². The van der Waals surface area contributed by atoms with Crippen LogP contribution in [0.2, 0.25) is 5.02 Å². The summed E-state index contributed by atoms with van der Waals surface area (Å²) < 4.78 is 0. The van der Waals surface area contributed by atoms with Crippen molar-refractivity contribution in [2.24, 2.45) is 0 Å². The molecule has 1 unspecified atom stereocenters. The van der Waals surface area contributed by atoms with E-state index in [1.54, 1.807) is 6.20 Å². The molecule has 1 aromatic heterocycles. The van der Waals surface area contributed by atoms with E-state index < -0.39 is 0 Å². The quantitative estimate of drug-likeness (QED) is 0.906. The van der Waals surface area contributed by atoms with Crippen LogP contribution in [0.5, 0.6) is 0 Å². The number of halogens is 1. The summed E-state index contributed by atoms with van der Waals surface area (Å²) in [6.45, 7) is 11.7. The molecule has 2 heterocycles. The Kier molecular flexibility index (Phi) is 5.81. The number of aromatic nitrogens is 1. The highest BCUT2D eigenvalue weighted by atomic mass is 35.5. The highest BCUT2D eigenvalue weighted by Crippen LogP contribution is 2.27. The monoisotopic (exact) mass is 327 g/mol. The molecule has 0 radical (unpaired) electrons. The Bertz CT molecular complexity index is 473. The lowest BCUT2D eigenvalue weighted by Gasteiger charge is -2.33. The van der Waals surface area contributed by atoms with E-state index in [0.29, 0.717) is 5.25 Å². The first-order valence-electron chi connectivity index (χ1n) is 7.65. The van der Waals surface area contributed by atoms with Gasteiger partial charge in [0.2, 0.25) is 0 Å². The van der Waals surface area contributed by atoms with Crippen molar-refractivity contribution in [3.05, 3.63) is 22.8 Å². The molecular formula is C16H26ClN3S. The summed E-state index contributed by atoms with van der Waals surface area (Å²) in [5, 5.41) is 4.95. The Balaban J connectivity index is 2.10. The molecule has 1 aromatic rings. The molecule has 1 N–H and O–H groups in total. The molecule has 5 heteroatoms. The van der Waals surface area contributed by atoms with E-state index in [1.165, 1.54) is 12.2 Å². The second-order valence-electron chi connectivity index (χ2n) is 6.58. The van der Waals surface area contributed by atoms with E-state index in [1.807, 2.05) is 0 Å². The molecular weight excluding hydrogens is 302 g/mol. The molecule has 21 heavy (non-hydrogen) atoms. The van der Waals surface area contributed by atoms with Crippen LogP contribution in [0.15, 0.2) is 12.3 Å². The van der Waals surface area contributed by atoms with Gasteiger partial charge >= 0.3 is 0 Å². The molecule has 118 valence electrons. The number of hydrogen-bond donors (Lipinski definition) is 1. The van der Waals surface area contributed by atoms with Gasteiger partial charge in [0, 0.05) is 42.4 Å². The van der Waals surface area contributed by atoms with Gasteiger partial charge in [0.1, 0.15) is 5.82 Å². The number of nitrogens with zero attached hydrogens (tertiary/aromatic N) is 2. The molecule has 0 aromatic carbocycles. The third kappa shape index (κ3) is 5.04. The molecule has 1 aliphatic heterocycles. The van der Waals surface area contributed by atoms with E-state index in [-0.39, 0.29) is 5.54 Å². The van der Waals surface area contributed by atoms with Gasteiger partial charge in [-0.2, -0.15) is 11.8 Å². The zero-order valence-corrected chi connectivity index (χ0v) is 15.0. The molecule has 0 saturated carbocycles. The Labute approximate surface area is 137 Å². The van der Waals surface area contributed by atoms with Gasteiger partial charge in [-0.05, 0) is 38.8 Å². The first-order chi connectivity index (χ1) is 9.89. The number of nitrogens with one attached hydrogen (secondary N) is 1. The second-order valence-corrected chi connectivity index (χ2v) is 8.40. The van der Waals surface area contributed by atoms with E-state index in [0.717, 1.165) is 36.0 Å². The van der Waals surface area contributed by atoms with Crippen LogP contribution in [0.4, 0.5) is 5.82 Å². The lowest BCUT2D eigenvalue weighted by Crippen LogP contribution is -2.38. The topological polar surface area (TPSA) is 28.2 Å². The van der Waals surface area contributed by atoms with Gasteiger partial charge in [0.05, 0.1) is 5.02 Å². The molecule has 1 aliphatic rings. The lowest BCUT2D eigenvalue weighted by atomic mass is 10.1. The molecule has 0 bridgehead atoms. The van der Waals surface area contributed by atoms with Crippen molar-refractivity contribution in [3.8, 4) is 0 Å². The first kappa shape index (κ1) is 16.9. The maximum absolute atomic E-state index is 6.29. The van der Waals surface area contributed by atoms with Crippen LogP contribution in [0.1, 0.15) is 39.7 Å². The average Bonchev–Trinajstić information content (AvgIpc) is 2.45. The summed E-state index contributed by atoms with van der Waals surface area (Å²) in [5.41, 5.74) is 1.21. The summed E-state index contributed by atoms with van der Waals surface area (Å²) in [6, 6.07) is 2.14. The van der Waals surface area contributed by atoms with Gasteiger partial charge in [-0.1, -0.05) is 18.5 Å². The number of pyridine rings is 1. The minimum absolute atomic E-state index is 0.0852. The van der Waals surface area contributed by atoms with Crippen molar-refractivity contribution in [1.29, 1.82) is 0 Å². The zero-order chi connectivity index (χ0) is 15.5. The average molecular weight is 328 g/mol. The predicted molar refractivity (Wildman–Crippen MR) is 94.6 cm³/mol. The van der Waals surface area contributed by atoms with Crippen LogP contribution in [0, 0.1) is 0 Å². The molecule has 0 spiro atoms. The molecule has 2 rings (SSSR count).